The highest BCUT2D eigenvalue weighted by molar-refractivity contribution is 7.89. The maximum Gasteiger partial charge on any atom is 0.321 e. The first kappa shape index (κ1) is 23.3. The molecular formula is C20H32N4O4S. The normalized spacial score (nSPS) is 17.2. The van der Waals surface area contributed by atoms with E-state index in [0.29, 0.717) is 43.5 Å². The number of nitrogens with zero attached hydrogens (tertiary/aromatic N) is 2. The quantitative estimate of drug-likeness (QED) is 0.721. The summed E-state index contributed by atoms with van der Waals surface area (Å²) in [5.41, 5.74) is 1.62. The average molecular weight is 425 g/mol. The number of aryl methyl sites for hydroxylation is 2. The number of carbonyl (C=O) groups is 2. The first-order valence-corrected chi connectivity index (χ1v) is 11.4. The molecule has 0 aliphatic carbocycles. The minimum absolute atomic E-state index is 0.292. The Kier molecular flexibility index (Phi) is 7.79. The summed E-state index contributed by atoms with van der Waals surface area (Å²) in [5.74, 6) is -0.0996. The number of imide groups is 1. The van der Waals surface area contributed by atoms with Gasteiger partial charge in [0.05, 0.1) is 10.9 Å². The summed E-state index contributed by atoms with van der Waals surface area (Å²) in [4.78, 5) is 26.4. The molecule has 8 nitrogen and oxygen atoms in total. The molecule has 1 aromatic carbocycles. The molecule has 3 amide bonds. The van der Waals surface area contributed by atoms with Crippen LogP contribution in [-0.4, -0.2) is 68.3 Å². The van der Waals surface area contributed by atoms with Gasteiger partial charge in [0, 0.05) is 32.7 Å². The zero-order chi connectivity index (χ0) is 21.8. The lowest BCUT2D eigenvalue weighted by Crippen LogP contribution is -2.56. The van der Waals surface area contributed by atoms with Crippen molar-refractivity contribution in [3.05, 3.63) is 29.3 Å². The predicted octanol–water partition coefficient (Wildman–Crippen LogP) is 1.48. The molecule has 162 valence electrons. The maximum absolute atomic E-state index is 13.0. The Morgan fingerprint density at radius 1 is 1.07 bits per heavy atom. The van der Waals surface area contributed by atoms with Crippen LogP contribution in [-0.2, 0) is 14.8 Å². The molecule has 1 aliphatic heterocycles. The molecule has 0 spiro atoms. The Morgan fingerprint density at radius 2 is 1.69 bits per heavy atom. The predicted molar refractivity (Wildman–Crippen MR) is 112 cm³/mol. The van der Waals surface area contributed by atoms with Crippen molar-refractivity contribution in [2.24, 2.45) is 5.92 Å². The fourth-order valence-corrected chi connectivity index (χ4v) is 4.91. The van der Waals surface area contributed by atoms with E-state index in [1.807, 2.05) is 37.8 Å². The molecular weight excluding hydrogens is 392 g/mol. The molecule has 9 heteroatoms. The van der Waals surface area contributed by atoms with Crippen LogP contribution in [0.1, 0.15) is 31.9 Å². The Bertz CT molecular complexity index is 846. The van der Waals surface area contributed by atoms with Crippen molar-refractivity contribution < 1.29 is 18.0 Å². The van der Waals surface area contributed by atoms with Crippen LogP contribution in [0, 0.1) is 19.8 Å². The van der Waals surface area contributed by atoms with Crippen molar-refractivity contribution in [1.82, 2.24) is 19.8 Å². The Labute approximate surface area is 173 Å². The smallest absolute Gasteiger partial charge is 0.321 e. The third kappa shape index (κ3) is 6.01. The van der Waals surface area contributed by atoms with Gasteiger partial charge in [0.1, 0.15) is 0 Å². The van der Waals surface area contributed by atoms with Gasteiger partial charge in [-0.2, -0.15) is 4.31 Å². The molecule has 1 fully saturated rings. The lowest BCUT2D eigenvalue weighted by molar-refractivity contribution is -0.125. The maximum atomic E-state index is 13.0. The van der Waals surface area contributed by atoms with E-state index in [9.17, 15) is 18.0 Å². The third-order valence-corrected chi connectivity index (χ3v) is 7.11. The second-order valence-corrected chi connectivity index (χ2v) is 9.88. The van der Waals surface area contributed by atoms with Crippen LogP contribution in [0.15, 0.2) is 23.1 Å². The Balaban J connectivity index is 1.95. The minimum atomic E-state index is -3.58. The Hall–Kier alpha value is -1.97. The number of hydrogen-bond donors (Lipinski definition) is 2. The highest BCUT2D eigenvalue weighted by Crippen LogP contribution is 2.22. The van der Waals surface area contributed by atoms with Crippen molar-refractivity contribution in [3.63, 3.8) is 0 Å². The molecule has 0 saturated carbocycles. The van der Waals surface area contributed by atoms with Gasteiger partial charge in [-0.1, -0.05) is 26.0 Å². The molecule has 1 unspecified atom stereocenters. The van der Waals surface area contributed by atoms with Gasteiger partial charge in [0.25, 0.3) is 0 Å². The van der Waals surface area contributed by atoms with E-state index >= 15 is 0 Å². The number of nitrogens with one attached hydrogen (secondary N) is 2. The molecule has 1 heterocycles. The van der Waals surface area contributed by atoms with Crippen molar-refractivity contribution >= 4 is 22.0 Å². The minimum Gasteiger partial charge on any atom is -0.338 e. The second kappa shape index (κ2) is 9.69. The number of piperazine rings is 1. The van der Waals surface area contributed by atoms with E-state index in [1.165, 1.54) is 4.31 Å². The molecule has 2 rings (SSSR count). The van der Waals surface area contributed by atoms with Gasteiger partial charge in [0.2, 0.25) is 15.9 Å². The fraction of sp³-hybridized carbons (Fsp3) is 0.600. The van der Waals surface area contributed by atoms with E-state index in [2.05, 4.69) is 10.6 Å². The number of amides is 3. The molecule has 29 heavy (non-hydrogen) atoms. The van der Waals surface area contributed by atoms with Gasteiger partial charge in [-0.15, -0.1) is 0 Å². The van der Waals surface area contributed by atoms with Crippen LogP contribution in [0.5, 0.6) is 0 Å². The van der Waals surface area contributed by atoms with Crippen LogP contribution < -0.4 is 10.6 Å². The van der Waals surface area contributed by atoms with Crippen molar-refractivity contribution in [1.29, 1.82) is 0 Å². The number of hydrogen-bond acceptors (Lipinski definition) is 5. The standard InChI is InChI=1S/C20H32N4O4S/c1-14(2)13-21-20(26)22-19(25)17(5)23-8-10-24(11-9-23)29(27,28)18-12-15(3)6-7-16(18)4/h6-7,12,14,17H,8-11,13H2,1-5H3,(H2,21,22,25,26). The summed E-state index contributed by atoms with van der Waals surface area (Å²) in [6, 6.07) is 4.37. The highest BCUT2D eigenvalue weighted by atomic mass is 32.2. The van der Waals surface area contributed by atoms with Crippen molar-refractivity contribution in [2.75, 3.05) is 32.7 Å². The largest absolute Gasteiger partial charge is 0.338 e. The molecule has 1 aliphatic rings. The van der Waals surface area contributed by atoms with E-state index < -0.39 is 28.0 Å². The van der Waals surface area contributed by atoms with Gasteiger partial charge in [-0.05, 0) is 43.9 Å². The van der Waals surface area contributed by atoms with Crippen LogP contribution in [0.2, 0.25) is 0 Å². The molecule has 1 atom stereocenters. The van der Waals surface area contributed by atoms with Gasteiger partial charge >= 0.3 is 6.03 Å². The second-order valence-electron chi connectivity index (χ2n) is 7.98. The zero-order valence-corrected chi connectivity index (χ0v) is 18.7. The van der Waals surface area contributed by atoms with E-state index in [-0.39, 0.29) is 0 Å². The first-order chi connectivity index (χ1) is 13.5. The Morgan fingerprint density at radius 3 is 2.28 bits per heavy atom. The zero-order valence-electron chi connectivity index (χ0n) is 17.9. The van der Waals surface area contributed by atoms with Gasteiger partial charge in [0.15, 0.2) is 0 Å². The molecule has 1 saturated heterocycles. The van der Waals surface area contributed by atoms with Gasteiger partial charge in [-0.3, -0.25) is 15.0 Å². The summed E-state index contributed by atoms with van der Waals surface area (Å²) in [7, 11) is -3.58. The molecule has 1 aromatic rings. The molecule has 2 N–H and O–H groups in total. The number of benzene rings is 1. The lowest BCUT2D eigenvalue weighted by atomic mass is 10.2. The molecule has 0 aromatic heterocycles. The van der Waals surface area contributed by atoms with E-state index in [1.54, 1.807) is 19.9 Å². The summed E-state index contributed by atoms with van der Waals surface area (Å²) >= 11 is 0. The van der Waals surface area contributed by atoms with Crippen LogP contribution in [0.3, 0.4) is 0 Å². The monoisotopic (exact) mass is 424 g/mol. The summed E-state index contributed by atoms with van der Waals surface area (Å²) in [5, 5.41) is 5.00. The average Bonchev–Trinajstić information content (AvgIpc) is 2.67. The van der Waals surface area contributed by atoms with Gasteiger partial charge in [-0.25, -0.2) is 13.2 Å². The van der Waals surface area contributed by atoms with E-state index in [0.717, 1.165) is 11.1 Å². The lowest BCUT2D eigenvalue weighted by Gasteiger charge is -2.36. The topological polar surface area (TPSA) is 98.8 Å². The van der Waals surface area contributed by atoms with Crippen LogP contribution in [0.4, 0.5) is 4.79 Å². The number of rotatable bonds is 6. The number of urea groups is 1. The number of sulfonamides is 1. The summed E-state index contributed by atoms with van der Waals surface area (Å²) in [6.45, 7) is 11.3. The van der Waals surface area contributed by atoms with Crippen LogP contribution in [0.25, 0.3) is 0 Å². The van der Waals surface area contributed by atoms with Gasteiger partial charge < -0.3 is 5.32 Å². The number of carbonyl (C=O) groups excluding carboxylic acids is 2. The third-order valence-electron chi connectivity index (χ3n) is 5.07. The summed E-state index contributed by atoms with van der Waals surface area (Å²) < 4.78 is 27.5. The molecule has 0 bridgehead atoms. The van der Waals surface area contributed by atoms with Crippen molar-refractivity contribution in [3.8, 4) is 0 Å². The highest BCUT2D eigenvalue weighted by Gasteiger charge is 2.32. The molecule has 0 radical (unpaired) electrons. The van der Waals surface area contributed by atoms with Crippen LogP contribution >= 0.6 is 0 Å². The van der Waals surface area contributed by atoms with E-state index in [4.69, 9.17) is 0 Å². The van der Waals surface area contributed by atoms with Crippen molar-refractivity contribution in [2.45, 2.75) is 45.6 Å². The SMILES string of the molecule is Cc1ccc(C)c(S(=O)(=O)N2CCN(C(C)C(=O)NC(=O)NCC(C)C)CC2)c1. The first-order valence-electron chi connectivity index (χ1n) is 9.92. The summed E-state index contributed by atoms with van der Waals surface area (Å²) in [6.07, 6.45) is 0. The fourth-order valence-electron chi connectivity index (χ4n) is 3.18.